The van der Waals surface area contributed by atoms with Crippen LogP contribution in [0.3, 0.4) is 0 Å². The fraction of sp³-hybridized carbons (Fsp3) is 0.562. The molecule has 0 spiro atoms. The normalized spacial score (nSPS) is 13.9. The van der Waals surface area contributed by atoms with Gasteiger partial charge in [-0.3, -0.25) is 4.79 Å². The molecule has 1 unspecified atom stereocenters. The van der Waals surface area contributed by atoms with Crippen LogP contribution in [-0.4, -0.2) is 26.2 Å². The van der Waals surface area contributed by atoms with Gasteiger partial charge in [0.25, 0.3) is 0 Å². The molecule has 0 saturated carbocycles. The Balaban J connectivity index is 3.08. The highest BCUT2D eigenvalue weighted by Crippen LogP contribution is 2.33. The van der Waals surface area contributed by atoms with Crippen molar-refractivity contribution in [3.63, 3.8) is 0 Å². The smallest absolute Gasteiger partial charge is 0.313 e. The second-order valence-electron chi connectivity index (χ2n) is 5.26. The molecule has 0 fully saturated rings. The summed E-state index contributed by atoms with van der Waals surface area (Å²) in [4.78, 5) is 12.4. The van der Waals surface area contributed by atoms with Crippen molar-refractivity contribution in [2.45, 2.75) is 27.2 Å². The van der Waals surface area contributed by atoms with E-state index in [0.717, 1.165) is 11.3 Å². The molecule has 0 amide bonds. The number of hydrogen-bond donors (Lipinski definition) is 1. The van der Waals surface area contributed by atoms with E-state index in [1.165, 1.54) is 0 Å². The lowest BCUT2D eigenvalue weighted by Gasteiger charge is -2.34. The number of benzene rings is 1. The lowest BCUT2D eigenvalue weighted by atomic mass is 9.72. The highest BCUT2D eigenvalue weighted by Gasteiger charge is 2.41. The highest BCUT2D eigenvalue weighted by molar-refractivity contribution is 5.78. The van der Waals surface area contributed by atoms with Gasteiger partial charge in [0.15, 0.2) is 0 Å². The first-order chi connectivity index (χ1) is 9.50. The Morgan fingerprint density at radius 2 is 2.10 bits per heavy atom. The predicted molar refractivity (Wildman–Crippen MR) is 79.7 cm³/mol. The third-order valence-electron chi connectivity index (χ3n) is 3.81. The Morgan fingerprint density at radius 3 is 2.60 bits per heavy atom. The van der Waals surface area contributed by atoms with Crippen LogP contribution in [0.5, 0.6) is 5.75 Å². The third kappa shape index (κ3) is 3.51. The summed E-state index contributed by atoms with van der Waals surface area (Å²) >= 11 is 0. The largest absolute Gasteiger partial charge is 0.497 e. The van der Waals surface area contributed by atoms with Gasteiger partial charge in [-0.2, -0.15) is 0 Å². The van der Waals surface area contributed by atoms with Crippen molar-refractivity contribution in [1.82, 2.24) is 0 Å². The van der Waals surface area contributed by atoms with Gasteiger partial charge in [0, 0.05) is 6.54 Å². The zero-order chi connectivity index (χ0) is 15.2. The first-order valence-electron chi connectivity index (χ1n) is 7.00. The van der Waals surface area contributed by atoms with Crippen molar-refractivity contribution in [3.05, 3.63) is 29.8 Å². The number of hydrogen-bond acceptors (Lipinski definition) is 4. The van der Waals surface area contributed by atoms with Crippen LogP contribution in [-0.2, 0) is 16.0 Å². The Kier molecular flexibility index (Phi) is 6.02. The molecule has 0 heterocycles. The SMILES string of the molecule is CCOC(=O)C(CN)(Cc1cccc(OC)c1)C(C)C. The van der Waals surface area contributed by atoms with E-state index in [1.807, 2.05) is 45.0 Å². The van der Waals surface area contributed by atoms with E-state index < -0.39 is 5.41 Å². The van der Waals surface area contributed by atoms with Crippen LogP contribution in [0.15, 0.2) is 24.3 Å². The van der Waals surface area contributed by atoms with Gasteiger partial charge in [-0.25, -0.2) is 0 Å². The summed E-state index contributed by atoms with van der Waals surface area (Å²) in [5.41, 5.74) is 6.26. The summed E-state index contributed by atoms with van der Waals surface area (Å²) in [6.07, 6.45) is 0.553. The molecule has 0 aliphatic carbocycles. The van der Waals surface area contributed by atoms with E-state index in [4.69, 9.17) is 15.2 Å². The average molecular weight is 279 g/mol. The molecule has 0 radical (unpaired) electrons. The van der Waals surface area contributed by atoms with E-state index in [9.17, 15) is 4.79 Å². The average Bonchev–Trinajstić information content (AvgIpc) is 2.44. The Labute approximate surface area is 121 Å². The summed E-state index contributed by atoms with van der Waals surface area (Å²) in [6.45, 7) is 6.45. The van der Waals surface area contributed by atoms with E-state index in [-0.39, 0.29) is 18.4 Å². The van der Waals surface area contributed by atoms with Gasteiger partial charge in [-0.15, -0.1) is 0 Å². The minimum Gasteiger partial charge on any atom is -0.497 e. The van der Waals surface area contributed by atoms with E-state index in [2.05, 4.69) is 0 Å². The summed E-state index contributed by atoms with van der Waals surface area (Å²) in [5, 5.41) is 0. The number of rotatable bonds is 7. The number of carbonyl (C=O) groups excluding carboxylic acids is 1. The molecular weight excluding hydrogens is 254 g/mol. The molecule has 1 rings (SSSR count). The minimum atomic E-state index is -0.692. The summed E-state index contributed by atoms with van der Waals surface area (Å²) in [6, 6.07) is 7.72. The van der Waals surface area contributed by atoms with Crippen molar-refractivity contribution in [3.8, 4) is 5.75 Å². The van der Waals surface area contributed by atoms with Crippen molar-refractivity contribution >= 4 is 5.97 Å². The van der Waals surface area contributed by atoms with E-state index in [0.29, 0.717) is 13.0 Å². The number of carbonyl (C=O) groups is 1. The second kappa shape index (κ2) is 7.29. The fourth-order valence-electron chi connectivity index (χ4n) is 2.32. The Hall–Kier alpha value is -1.55. The highest BCUT2D eigenvalue weighted by atomic mass is 16.5. The van der Waals surface area contributed by atoms with E-state index in [1.54, 1.807) is 7.11 Å². The maximum atomic E-state index is 12.4. The lowest BCUT2D eigenvalue weighted by Crippen LogP contribution is -2.46. The van der Waals surface area contributed by atoms with Gasteiger partial charge in [0.05, 0.1) is 19.1 Å². The quantitative estimate of drug-likeness (QED) is 0.779. The molecule has 0 bridgehead atoms. The molecule has 2 N–H and O–H groups in total. The van der Waals surface area contributed by atoms with Gasteiger partial charge in [0.2, 0.25) is 0 Å². The fourth-order valence-corrected chi connectivity index (χ4v) is 2.32. The first kappa shape index (κ1) is 16.5. The van der Waals surface area contributed by atoms with Crippen LogP contribution in [0.2, 0.25) is 0 Å². The van der Waals surface area contributed by atoms with Crippen molar-refractivity contribution in [1.29, 1.82) is 0 Å². The number of nitrogens with two attached hydrogens (primary N) is 1. The molecule has 0 aromatic heterocycles. The van der Waals surface area contributed by atoms with Gasteiger partial charge in [0.1, 0.15) is 5.75 Å². The van der Waals surface area contributed by atoms with Crippen molar-refractivity contribution in [2.24, 2.45) is 17.1 Å². The predicted octanol–water partition coefficient (Wildman–Crippen LogP) is 2.40. The van der Waals surface area contributed by atoms with Gasteiger partial charge < -0.3 is 15.2 Å². The van der Waals surface area contributed by atoms with Crippen LogP contribution in [0.1, 0.15) is 26.3 Å². The molecule has 0 aliphatic heterocycles. The first-order valence-corrected chi connectivity index (χ1v) is 7.00. The molecular formula is C16H25NO3. The second-order valence-corrected chi connectivity index (χ2v) is 5.26. The molecule has 1 aromatic carbocycles. The molecule has 1 atom stereocenters. The summed E-state index contributed by atoms with van der Waals surface area (Å²) < 4.78 is 10.5. The lowest BCUT2D eigenvalue weighted by molar-refractivity contribution is -0.157. The van der Waals surface area contributed by atoms with Crippen LogP contribution in [0, 0.1) is 11.3 Å². The zero-order valence-electron chi connectivity index (χ0n) is 12.8. The van der Waals surface area contributed by atoms with Gasteiger partial charge in [-0.05, 0) is 37.0 Å². The molecule has 112 valence electrons. The topological polar surface area (TPSA) is 61.5 Å². The standard InChI is InChI=1S/C16H25NO3/c1-5-20-15(18)16(11-17,12(2)3)10-13-7-6-8-14(9-13)19-4/h6-9,12H,5,10-11,17H2,1-4H3. The Morgan fingerprint density at radius 1 is 1.40 bits per heavy atom. The van der Waals surface area contributed by atoms with Crippen LogP contribution < -0.4 is 10.5 Å². The number of methoxy groups -OCH3 is 1. The zero-order valence-corrected chi connectivity index (χ0v) is 12.8. The minimum absolute atomic E-state index is 0.0951. The third-order valence-corrected chi connectivity index (χ3v) is 3.81. The molecule has 4 heteroatoms. The molecule has 0 aliphatic rings. The maximum Gasteiger partial charge on any atom is 0.313 e. The molecule has 4 nitrogen and oxygen atoms in total. The van der Waals surface area contributed by atoms with E-state index >= 15 is 0 Å². The number of ether oxygens (including phenoxy) is 2. The molecule has 1 aromatic rings. The molecule has 0 saturated heterocycles. The van der Waals surface area contributed by atoms with Crippen molar-refractivity contribution in [2.75, 3.05) is 20.3 Å². The Bertz CT molecular complexity index is 445. The van der Waals surface area contributed by atoms with Gasteiger partial charge in [-0.1, -0.05) is 26.0 Å². The summed E-state index contributed by atoms with van der Waals surface area (Å²) in [5.74, 6) is 0.652. The van der Waals surface area contributed by atoms with Crippen LogP contribution >= 0.6 is 0 Å². The van der Waals surface area contributed by atoms with Crippen molar-refractivity contribution < 1.29 is 14.3 Å². The van der Waals surface area contributed by atoms with Gasteiger partial charge >= 0.3 is 5.97 Å². The maximum absolute atomic E-state index is 12.4. The number of esters is 1. The molecule has 20 heavy (non-hydrogen) atoms. The monoisotopic (exact) mass is 279 g/mol. The van der Waals surface area contributed by atoms with Crippen LogP contribution in [0.4, 0.5) is 0 Å². The summed E-state index contributed by atoms with van der Waals surface area (Å²) in [7, 11) is 1.63. The van der Waals surface area contributed by atoms with Crippen LogP contribution in [0.25, 0.3) is 0 Å².